The van der Waals surface area contributed by atoms with E-state index in [1.54, 1.807) is 24.3 Å². The van der Waals surface area contributed by atoms with Gasteiger partial charge in [-0.25, -0.2) is 4.98 Å². The Morgan fingerprint density at radius 3 is 2.41 bits per heavy atom. The SMILES string of the molecule is COc1nc(C(=O)Nc2cccc(NC(=O)CN3CCCCCC3)c2)cc2ccccc12. The lowest BCUT2D eigenvalue weighted by molar-refractivity contribution is -0.117. The standard InChI is InChI=1S/C25H28N4O3/c1-32-25-21-12-5-4-9-18(21)15-22(28-25)24(31)27-20-11-8-10-19(16-20)26-23(30)17-29-13-6-2-3-7-14-29/h4-5,8-12,15-16H,2-3,6-7,13-14,17H2,1H3,(H,26,30)(H,27,31). The number of nitrogens with zero attached hydrogens (tertiary/aromatic N) is 2. The second-order valence-electron chi connectivity index (χ2n) is 8.01. The molecule has 166 valence electrons. The van der Waals surface area contributed by atoms with Crippen LogP contribution in [0.25, 0.3) is 10.8 Å². The number of anilines is 2. The van der Waals surface area contributed by atoms with Gasteiger partial charge in [-0.15, -0.1) is 0 Å². The van der Waals surface area contributed by atoms with Crippen LogP contribution in [0, 0.1) is 0 Å². The van der Waals surface area contributed by atoms with Crippen LogP contribution in [0.1, 0.15) is 36.2 Å². The molecule has 4 rings (SSSR count). The zero-order chi connectivity index (χ0) is 22.3. The van der Waals surface area contributed by atoms with Gasteiger partial charge in [0, 0.05) is 16.8 Å². The van der Waals surface area contributed by atoms with E-state index in [2.05, 4.69) is 20.5 Å². The molecule has 3 aromatic rings. The van der Waals surface area contributed by atoms with Gasteiger partial charge in [-0.05, 0) is 61.6 Å². The molecule has 2 amide bonds. The molecule has 0 spiro atoms. The van der Waals surface area contributed by atoms with Gasteiger partial charge >= 0.3 is 0 Å². The van der Waals surface area contributed by atoms with Crippen LogP contribution in [-0.4, -0.2) is 48.4 Å². The van der Waals surface area contributed by atoms with Crippen molar-refractivity contribution in [3.8, 4) is 5.88 Å². The molecular weight excluding hydrogens is 404 g/mol. The number of fused-ring (bicyclic) bond motifs is 1. The smallest absolute Gasteiger partial charge is 0.274 e. The minimum atomic E-state index is -0.345. The summed E-state index contributed by atoms with van der Waals surface area (Å²) in [7, 11) is 1.54. The summed E-state index contributed by atoms with van der Waals surface area (Å²) in [6, 6.07) is 16.5. The Morgan fingerprint density at radius 1 is 0.938 bits per heavy atom. The van der Waals surface area contributed by atoms with E-state index in [4.69, 9.17) is 4.74 Å². The van der Waals surface area contributed by atoms with Crippen molar-refractivity contribution < 1.29 is 14.3 Å². The molecule has 1 saturated heterocycles. The molecule has 2 N–H and O–H groups in total. The van der Waals surface area contributed by atoms with E-state index in [0.717, 1.165) is 36.7 Å². The van der Waals surface area contributed by atoms with Gasteiger partial charge in [0.1, 0.15) is 5.69 Å². The monoisotopic (exact) mass is 432 g/mol. The fraction of sp³-hybridized carbons (Fsp3) is 0.320. The average molecular weight is 433 g/mol. The maximum Gasteiger partial charge on any atom is 0.274 e. The summed E-state index contributed by atoms with van der Waals surface area (Å²) < 4.78 is 5.36. The summed E-state index contributed by atoms with van der Waals surface area (Å²) in [6.45, 7) is 2.31. The molecule has 7 nitrogen and oxygen atoms in total. The Hall–Kier alpha value is -3.45. The van der Waals surface area contributed by atoms with Gasteiger partial charge < -0.3 is 15.4 Å². The van der Waals surface area contributed by atoms with Crippen LogP contribution in [0.2, 0.25) is 0 Å². The number of ether oxygens (including phenoxy) is 1. The highest BCUT2D eigenvalue weighted by Crippen LogP contribution is 2.25. The molecule has 2 heterocycles. The number of nitrogens with one attached hydrogen (secondary N) is 2. The molecule has 0 unspecified atom stereocenters. The summed E-state index contributed by atoms with van der Waals surface area (Å²) in [5, 5.41) is 7.52. The highest BCUT2D eigenvalue weighted by Gasteiger charge is 2.15. The highest BCUT2D eigenvalue weighted by molar-refractivity contribution is 6.06. The quantitative estimate of drug-likeness (QED) is 0.606. The Labute approximate surface area is 187 Å². The van der Waals surface area contributed by atoms with Crippen molar-refractivity contribution >= 4 is 34.0 Å². The van der Waals surface area contributed by atoms with Crippen molar-refractivity contribution in [1.29, 1.82) is 0 Å². The maximum atomic E-state index is 12.8. The van der Waals surface area contributed by atoms with Crippen LogP contribution in [0.4, 0.5) is 11.4 Å². The fourth-order valence-electron chi connectivity index (χ4n) is 4.01. The third-order valence-electron chi connectivity index (χ3n) is 5.60. The highest BCUT2D eigenvalue weighted by atomic mass is 16.5. The molecule has 1 aliphatic rings. The first-order valence-corrected chi connectivity index (χ1v) is 11.0. The summed E-state index contributed by atoms with van der Waals surface area (Å²) in [4.78, 5) is 31.9. The van der Waals surface area contributed by atoms with Crippen LogP contribution in [0.5, 0.6) is 5.88 Å². The number of benzene rings is 2. The largest absolute Gasteiger partial charge is 0.481 e. The van der Waals surface area contributed by atoms with Gasteiger partial charge in [0.05, 0.1) is 13.7 Å². The van der Waals surface area contributed by atoms with Crippen LogP contribution in [-0.2, 0) is 4.79 Å². The number of methoxy groups -OCH3 is 1. The summed E-state index contributed by atoms with van der Waals surface area (Å²) >= 11 is 0. The lowest BCUT2D eigenvalue weighted by Gasteiger charge is -2.19. The van der Waals surface area contributed by atoms with Crippen LogP contribution >= 0.6 is 0 Å². The van der Waals surface area contributed by atoms with Gasteiger partial charge in [0.2, 0.25) is 11.8 Å². The van der Waals surface area contributed by atoms with Crippen molar-refractivity contribution in [3.05, 3.63) is 60.3 Å². The first kappa shape index (κ1) is 21.8. The molecule has 7 heteroatoms. The molecule has 2 aromatic carbocycles. The summed E-state index contributed by atoms with van der Waals surface area (Å²) in [6.07, 6.45) is 4.75. The van der Waals surface area contributed by atoms with Gasteiger partial charge in [0.15, 0.2) is 0 Å². The first-order valence-electron chi connectivity index (χ1n) is 11.0. The number of hydrogen-bond acceptors (Lipinski definition) is 5. The molecule has 1 aromatic heterocycles. The summed E-state index contributed by atoms with van der Waals surface area (Å²) in [5.74, 6) is 0.0150. The Bertz CT molecular complexity index is 1110. The predicted octanol–water partition coefficient (Wildman–Crippen LogP) is 4.31. The minimum Gasteiger partial charge on any atom is -0.481 e. The minimum absolute atomic E-state index is 0.0451. The number of pyridine rings is 1. The number of likely N-dealkylation sites (tertiary alicyclic amines) is 1. The topological polar surface area (TPSA) is 83.6 Å². The second kappa shape index (κ2) is 10.2. The molecule has 0 atom stereocenters. The number of carbonyl (C=O) groups excluding carboxylic acids is 2. The number of rotatable bonds is 6. The van der Waals surface area contributed by atoms with Gasteiger partial charge in [-0.2, -0.15) is 0 Å². The van der Waals surface area contributed by atoms with E-state index in [1.165, 1.54) is 20.0 Å². The van der Waals surface area contributed by atoms with Crippen LogP contribution in [0.3, 0.4) is 0 Å². The van der Waals surface area contributed by atoms with Gasteiger partial charge in [0.25, 0.3) is 5.91 Å². The van der Waals surface area contributed by atoms with E-state index < -0.39 is 0 Å². The molecular formula is C25H28N4O3. The normalized spacial score (nSPS) is 14.5. The lowest BCUT2D eigenvalue weighted by atomic mass is 10.1. The average Bonchev–Trinajstić information content (AvgIpc) is 3.07. The molecule has 0 radical (unpaired) electrons. The number of aromatic nitrogens is 1. The van der Waals surface area contributed by atoms with E-state index in [9.17, 15) is 9.59 Å². The van der Waals surface area contributed by atoms with E-state index in [0.29, 0.717) is 23.8 Å². The van der Waals surface area contributed by atoms with Gasteiger partial charge in [-0.3, -0.25) is 14.5 Å². The Morgan fingerprint density at radius 2 is 1.66 bits per heavy atom. The third-order valence-corrected chi connectivity index (χ3v) is 5.60. The number of hydrogen-bond donors (Lipinski definition) is 2. The molecule has 32 heavy (non-hydrogen) atoms. The Balaban J connectivity index is 1.43. The molecule has 0 aliphatic carbocycles. The predicted molar refractivity (Wildman–Crippen MR) is 126 cm³/mol. The van der Waals surface area contributed by atoms with Crippen molar-refractivity contribution in [2.24, 2.45) is 0 Å². The molecule has 1 fully saturated rings. The van der Waals surface area contributed by atoms with Crippen molar-refractivity contribution in [3.63, 3.8) is 0 Å². The van der Waals surface area contributed by atoms with Crippen LogP contribution in [0.15, 0.2) is 54.6 Å². The molecule has 0 saturated carbocycles. The fourth-order valence-corrected chi connectivity index (χ4v) is 4.01. The zero-order valence-corrected chi connectivity index (χ0v) is 18.3. The number of amides is 2. The van der Waals surface area contributed by atoms with E-state index >= 15 is 0 Å². The van der Waals surface area contributed by atoms with Crippen LogP contribution < -0.4 is 15.4 Å². The second-order valence-corrected chi connectivity index (χ2v) is 8.01. The summed E-state index contributed by atoms with van der Waals surface area (Å²) in [5.41, 5.74) is 1.49. The van der Waals surface area contributed by atoms with Crippen molar-refractivity contribution in [1.82, 2.24) is 9.88 Å². The molecule has 0 bridgehead atoms. The van der Waals surface area contributed by atoms with Crippen molar-refractivity contribution in [2.75, 3.05) is 37.4 Å². The Kier molecular flexibility index (Phi) is 6.97. The zero-order valence-electron chi connectivity index (χ0n) is 18.3. The third kappa shape index (κ3) is 5.42. The number of carbonyl (C=O) groups is 2. The first-order chi connectivity index (χ1) is 15.6. The van der Waals surface area contributed by atoms with Crippen molar-refractivity contribution in [2.45, 2.75) is 25.7 Å². The van der Waals surface area contributed by atoms with E-state index in [1.807, 2.05) is 30.3 Å². The van der Waals surface area contributed by atoms with Gasteiger partial charge in [-0.1, -0.05) is 37.1 Å². The maximum absolute atomic E-state index is 12.8. The lowest BCUT2D eigenvalue weighted by Crippen LogP contribution is -2.33. The molecule has 1 aliphatic heterocycles. The van der Waals surface area contributed by atoms with E-state index in [-0.39, 0.29) is 17.5 Å².